The molecule has 2 unspecified atom stereocenters. The number of nitrogens with one attached hydrogen (secondary N) is 1. The van der Waals surface area contributed by atoms with Crippen LogP contribution >= 0.6 is 0 Å². The molecule has 106 valence electrons. The average Bonchev–Trinajstić information content (AvgIpc) is 2.38. The minimum absolute atomic E-state index is 0.0370. The first kappa shape index (κ1) is 14.4. The van der Waals surface area contributed by atoms with Crippen LogP contribution in [0.25, 0.3) is 0 Å². The van der Waals surface area contributed by atoms with Gasteiger partial charge in [0, 0.05) is 18.0 Å². The summed E-state index contributed by atoms with van der Waals surface area (Å²) in [6.07, 6.45) is 4.58. The fourth-order valence-electron chi connectivity index (χ4n) is 2.72. The summed E-state index contributed by atoms with van der Waals surface area (Å²) in [5, 5.41) is 3.71. The van der Waals surface area contributed by atoms with Crippen molar-refractivity contribution in [2.75, 3.05) is 6.54 Å². The molecule has 1 aromatic rings. The predicted octanol–water partition coefficient (Wildman–Crippen LogP) is 4.38. The highest BCUT2D eigenvalue weighted by Gasteiger charge is 2.35. The van der Waals surface area contributed by atoms with Crippen LogP contribution in [0.4, 0.5) is 0 Å². The van der Waals surface area contributed by atoms with Crippen molar-refractivity contribution in [3.63, 3.8) is 0 Å². The van der Waals surface area contributed by atoms with Crippen molar-refractivity contribution in [1.29, 1.82) is 0 Å². The monoisotopic (exact) mass is 261 g/mol. The Morgan fingerprint density at radius 1 is 1.37 bits per heavy atom. The van der Waals surface area contributed by atoms with Gasteiger partial charge in [0.2, 0.25) is 0 Å². The normalized spacial score (nSPS) is 25.8. The fraction of sp³-hybridized carbons (Fsp3) is 0.647. The zero-order valence-corrected chi connectivity index (χ0v) is 12.8. The number of benzene rings is 1. The van der Waals surface area contributed by atoms with Crippen LogP contribution < -0.4 is 10.1 Å². The van der Waals surface area contributed by atoms with Crippen molar-refractivity contribution >= 4 is 0 Å². The van der Waals surface area contributed by atoms with Crippen LogP contribution in [-0.2, 0) is 0 Å². The van der Waals surface area contributed by atoms with Gasteiger partial charge in [-0.2, -0.15) is 0 Å². The van der Waals surface area contributed by atoms with Gasteiger partial charge in [0.1, 0.15) is 11.4 Å². The second-order valence-electron chi connectivity index (χ2n) is 6.01. The predicted molar refractivity (Wildman–Crippen MR) is 80.8 cm³/mol. The molecule has 19 heavy (non-hydrogen) atoms. The number of hydrogen-bond acceptors (Lipinski definition) is 2. The van der Waals surface area contributed by atoms with E-state index in [-0.39, 0.29) is 5.60 Å². The Morgan fingerprint density at radius 3 is 2.84 bits per heavy atom. The van der Waals surface area contributed by atoms with E-state index in [1.807, 2.05) is 0 Å². The van der Waals surface area contributed by atoms with E-state index in [4.69, 9.17) is 4.74 Å². The molecule has 0 aliphatic carbocycles. The molecule has 0 spiro atoms. The van der Waals surface area contributed by atoms with Crippen molar-refractivity contribution in [2.24, 2.45) is 0 Å². The maximum Gasteiger partial charge on any atom is 0.125 e. The molecule has 1 aromatic carbocycles. The summed E-state index contributed by atoms with van der Waals surface area (Å²) in [6.45, 7) is 9.89. The highest BCUT2D eigenvalue weighted by atomic mass is 16.5. The lowest BCUT2D eigenvalue weighted by molar-refractivity contribution is 0.0442. The van der Waals surface area contributed by atoms with Crippen molar-refractivity contribution in [3.8, 4) is 5.75 Å². The van der Waals surface area contributed by atoms with E-state index in [0.717, 1.165) is 25.1 Å². The number of ether oxygens (including phenoxy) is 1. The minimum Gasteiger partial charge on any atom is -0.487 e. The molecule has 2 heteroatoms. The Balaban J connectivity index is 2.23. The van der Waals surface area contributed by atoms with Gasteiger partial charge in [0.15, 0.2) is 0 Å². The van der Waals surface area contributed by atoms with E-state index in [2.05, 4.69) is 51.2 Å². The van der Waals surface area contributed by atoms with Crippen molar-refractivity contribution in [2.45, 2.75) is 65.0 Å². The maximum atomic E-state index is 6.25. The second kappa shape index (κ2) is 5.96. The lowest BCUT2D eigenvalue weighted by Crippen LogP contribution is -2.41. The van der Waals surface area contributed by atoms with Crippen LogP contribution in [0.2, 0.25) is 0 Å². The van der Waals surface area contributed by atoms with Crippen LogP contribution in [0.1, 0.15) is 63.6 Å². The number of hydrogen-bond donors (Lipinski definition) is 1. The van der Waals surface area contributed by atoms with E-state index < -0.39 is 0 Å². The quantitative estimate of drug-likeness (QED) is 0.794. The topological polar surface area (TPSA) is 21.3 Å². The molecule has 1 aliphatic heterocycles. The molecule has 1 aliphatic rings. The van der Waals surface area contributed by atoms with E-state index in [1.54, 1.807) is 0 Å². The molecule has 1 heterocycles. The maximum absolute atomic E-state index is 6.25. The van der Waals surface area contributed by atoms with Crippen molar-refractivity contribution < 1.29 is 4.74 Å². The third kappa shape index (κ3) is 3.30. The standard InChI is InChI=1S/C17H27NO/c1-5-7-10-18-15-12-17(4,6-2)19-16-11-13(3)8-9-14(15)16/h8-9,11,15,18H,5-7,10,12H2,1-4H3. The first-order valence-electron chi connectivity index (χ1n) is 7.61. The van der Waals surface area contributed by atoms with Crippen LogP contribution in [-0.4, -0.2) is 12.1 Å². The summed E-state index contributed by atoms with van der Waals surface area (Å²) in [6, 6.07) is 7.02. The molecular weight excluding hydrogens is 234 g/mol. The molecule has 1 N–H and O–H groups in total. The third-order valence-electron chi connectivity index (χ3n) is 4.21. The minimum atomic E-state index is -0.0370. The lowest BCUT2D eigenvalue weighted by atomic mass is 9.86. The highest BCUT2D eigenvalue weighted by Crippen LogP contribution is 2.41. The molecule has 2 nitrogen and oxygen atoms in total. The highest BCUT2D eigenvalue weighted by molar-refractivity contribution is 5.41. The summed E-state index contributed by atoms with van der Waals surface area (Å²) in [7, 11) is 0. The smallest absolute Gasteiger partial charge is 0.125 e. The van der Waals surface area contributed by atoms with Crippen LogP contribution in [0.3, 0.4) is 0 Å². The SMILES string of the molecule is CCCCNC1CC(C)(CC)Oc2cc(C)ccc21. The number of fused-ring (bicyclic) bond motifs is 1. The number of unbranched alkanes of at least 4 members (excludes halogenated alkanes) is 1. The van der Waals surface area contributed by atoms with Gasteiger partial charge >= 0.3 is 0 Å². The van der Waals surface area contributed by atoms with Crippen LogP contribution in [0.5, 0.6) is 5.75 Å². The van der Waals surface area contributed by atoms with Gasteiger partial charge in [-0.25, -0.2) is 0 Å². The Kier molecular flexibility index (Phi) is 4.51. The molecular formula is C17H27NO. The Hall–Kier alpha value is -1.02. The summed E-state index contributed by atoms with van der Waals surface area (Å²) in [5.41, 5.74) is 2.56. The Morgan fingerprint density at radius 2 is 2.16 bits per heavy atom. The fourth-order valence-corrected chi connectivity index (χ4v) is 2.72. The Bertz CT molecular complexity index is 429. The van der Waals surface area contributed by atoms with Gasteiger partial charge in [-0.15, -0.1) is 0 Å². The van der Waals surface area contributed by atoms with Gasteiger partial charge in [-0.05, 0) is 44.9 Å². The largest absolute Gasteiger partial charge is 0.487 e. The zero-order chi connectivity index (χ0) is 13.9. The first-order chi connectivity index (χ1) is 9.08. The van der Waals surface area contributed by atoms with E-state index >= 15 is 0 Å². The van der Waals surface area contributed by atoms with E-state index in [9.17, 15) is 0 Å². The summed E-state index contributed by atoms with van der Waals surface area (Å²) in [4.78, 5) is 0. The van der Waals surface area contributed by atoms with Gasteiger partial charge in [0.05, 0.1) is 0 Å². The summed E-state index contributed by atoms with van der Waals surface area (Å²) < 4.78 is 6.25. The molecule has 0 bridgehead atoms. The number of rotatable bonds is 5. The summed E-state index contributed by atoms with van der Waals surface area (Å²) in [5.74, 6) is 1.07. The van der Waals surface area contributed by atoms with E-state index in [1.165, 1.54) is 24.0 Å². The van der Waals surface area contributed by atoms with Gasteiger partial charge in [-0.3, -0.25) is 0 Å². The van der Waals surface area contributed by atoms with Crippen molar-refractivity contribution in [3.05, 3.63) is 29.3 Å². The number of aryl methyl sites for hydroxylation is 1. The molecule has 0 fully saturated rings. The van der Waals surface area contributed by atoms with E-state index in [0.29, 0.717) is 6.04 Å². The molecule has 2 atom stereocenters. The molecule has 0 radical (unpaired) electrons. The zero-order valence-electron chi connectivity index (χ0n) is 12.8. The van der Waals surface area contributed by atoms with Crippen LogP contribution in [0.15, 0.2) is 18.2 Å². The van der Waals surface area contributed by atoms with Gasteiger partial charge in [0.25, 0.3) is 0 Å². The molecule has 0 saturated heterocycles. The molecule has 2 rings (SSSR count). The lowest BCUT2D eigenvalue weighted by Gasteiger charge is -2.40. The molecule has 0 aromatic heterocycles. The van der Waals surface area contributed by atoms with Crippen molar-refractivity contribution in [1.82, 2.24) is 5.32 Å². The van der Waals surface area contributed by atoms with Gasteiger partial charge in [-0.1, -0.05) is 32.4 Å². The first-order valence-corrected chi connectivity index (χ1v) is 7.61. The third-order valence-corrected chi connectivity index (χ3v) is 4.21. The molecule has 0 saturated carbocycles. The van der Waals surface area contributed by atoms with Gasteiger partial charge < -0.3 is 10.1 Å². The Labute approximate surface area is 117 Å². The molecule has 0 amide bonds. The second-order valence-corrected chi connectivity index (χ2v) is 6.01. The van der Waals surface area contributed by atoms with Crippen LogP contribution in [0, 0.1) is 6.92 Å². The summed E-state index contributed by atoms with van der Waals surface area (Å²) >= 11 is 0. The average molecular weight is 261 g/mol.